The molecule has 0 aliphatic carbocycles. The van der Waals surface area contributed by atoms with E-state index in [9.17, 15) is 14.7 Å². The number of carbonyl (C=O) groups excluding carboxylic acids is 2. The van der Waals surface area contributed by atoms with Crippen LogP contribution in [0.4, 0.5) is 5.13 Å². The monoisotopic (exact) mass is 549 g/mol. The highest BCUT2D eigenvalue weighted by molar-refractivity contribution is 7.22. The molecule has 0 bridgehead atoms. The van der Waals surface area contributed by atoms with Crippen LogP contribution in [0.25, 0.3) is 16.0 Å². The molecule has 4 aromatic rings. The third kappa shape index (κ3) is 4.48. The average molecular weight is 550 g/mol. The van der Waals surface area contributed by atoms with E-state index in [-0.39, 0.29) is 16.9 Å². The van der Waals surface area contributed by atoms with Gasteiger partial charge in [0.2, 0.25) is 0 Å². The number of ether oxygens (including phenoxy) is 2. The number of thiazole rings is 1. The number of nitrogens with zero attached hydrogens (tertiary/aromatic N) is 3. The summed E-state index contributed by atoms with van der Waals surface area (Å²) in [5.41, 5.74) is 2.22. The lowest BCUT2D eigenvalue weighted by Crippen LogP contribution is -2.29. The Hall–Kier alpha value is -3.95. The Morgan fingerprint density at radius 1 is 1.13 bits per heavy atom. The van der Waals surface area contributed by atoms with Crippen molar-refractivity contribution >= 4 is 55.7 Å². The number of halogens is 1. The number of aromatic nitrogens is 2. The summed E-state index contributed by atoms with van der Waals surface area (Å²) in [5.74, 6) is -1.10. The van der Waals surface area contributed by atoms with Crippen molar-refractivity contribution in [3.63, 3.8) is 0 Å². The fourth-order valence-electron chi connectivity index (χ4n) is 4.40. The molecule has 0 radical (unpaired) electrons. The van der Waals surface area contributed by atoms with Crippen LogP contribution in [-0.4, -0.2) is 40.0 Å². The maximum absolute atomic E-state index is 13.5. The minimum atomic E-state index is -0.957. The van der Waals surface area contributed by atoms with E-state index in [1.54, 1.807) is 48.8 Å². The first-order valence-electron chi connectivity index (χ1n) is 12.0. The van der Waals surface area contributed by atoms with Crippen LogP contribution < -0.4 is 14.4 Å². The second-order valence-electron chi connectivity index (χ2n) is 8.55. The number of hydrogen-bond acceptors (Lipinski definition) is 8. The van der Waals surface area contributed by atoms with Crippen LogP contribution >= 0.6 is 22.9 Å². The Bertz CT molecular complexity index is 1550. The number of rotatable bonds is 7. The van der Waals surface area contributed by atoms with Gasteiger partial charge in [-0.15, -0.1) is 0 Å². The largest absolute Gasteiger partial charge is 0.507 e. The van der Waals surface area contributed by atoms with Crippen molar-refractivity contribution in [2.75, 3.05) is 18.1 Å². The number of benzene rings is 2. The normalized spacial score (nSPS) is 16.8. The number of hydrogen-bond donors (Lipinski definition) is 1. The maximum atomic E-state index is 13.5. The van der Waals surface area contributed by atoms with Gasteiger partial charge in [-0.2, -0.15) is 0 Å². The van der Waals surface area contributed by atoms with E-state index in [0.717, 1.165) is 10.3 Å². The third-order valence-corrected chi connectivity index (χ3v) is 7.55. The first-order chi connectivity index (χ1) is 18.3. The molecule has 0 spiro atoms. The number of carbonyl (C=O) groups is 2. The quantitative estimate of drug-likeness (QED) is 0.169. The summed E-state index contributed by atoms with van der Waals surface area (Å²) in [5, 5.41) is 12.4. The van der Waals surface area contributed by atoms with Crippen LogP contribution in [0.2, 0.25) is 5.02 Å². The van der Waals surface area contributed by atoms with Crippen LogP contribution in [0.1, 0.15) is 36.6 Å². The zero-order valence-electron chi connectivity index (χ0n) is 20.9. The number of aryl methyl sites for hydroxylation is 1. The molecule has 1 unspecified atom stereocenters. The zero-order chi connectivity index (χ0) is 27.0. The van der Waals surface area contributed by atoms with Gasteiger partial charge in [0.25, 0.3) is 5.78 Å². The van der Waals surface area contributed by atoms with Crippen LogP contribution in [0.15, 0.2) is 60.4 Å². The molecule has 1 amide bonds. The summed E-state index contributed by atoms with van der Waals surface area (Å²) in [4.78, 5) is 37.1. The fraction of sp³-hybridized carbons (Fsp3) is 0.214. The van der Waals surface area contributed by atoms with Crippen molar-refractivity contribution in [1.29, 1.82) is 0 Å². The van der Waals surface area contributed by atoms with Crippen molar-refractivity contribution in [1.82, 2.24) is 9.97 Å². The van der Waals surface area contributed by atoms with Crippen LogP contribution in [-0.2, 0) is 9.59 Å². The van der Waals surface area contributed by atoms with E-state index >= 15 is 0 Å². The van der Waals surface area contributed by atoms with Crippen molar-refractivity contribution in [2.24, 2.45) is 0 Å². The Morgan fingerprint density at radius 2 is 1.92 bits per heavy atom. The lowest BCUT2D eigenvalue weighted by atomic mass is 9.96. The van der Waals surface area contributed by atoms with Crippen LogP contribution in [0.3, 0.4) is 0 Å². The number of anilines is 1. The van der Waals surface area contributed by atoms with Crippen molar-refractivity contribution in [2.45, 2.75) is 26.8 Å². The predicted molar refractivity (Wildman–Crippen MR) is 147 cm³/mol. The molecule has 38 heavy (non-hydrogen) atoms. The topological polar surface area (TPSA) is 102 Å². The first kappa shape index (κ1) is 25.7. The maximum Gasteiger partial charge on any atom is 0.301 e. The Labute approximate surface area is 228 Å². The predicted octanol–water partition coefficient (Wildman–Crippen LogP) is 6.08. The number of amides is 1. The van der Waals surface area contributed by atoms with Gasteiger partial charge in [-0.1, -0.05) is 29.0 Å². The third-order valence-electron chi connectivity index (χ3n) is 6.13. The van der Waals surface area contributed by atoms with Crippen molar-refractivity contribution in [3.05, 3.63) is 82.1 Å². The molecule has 1 fully saturated rings. The summed E-state index contributed by atoms with van der Waals surface area (Å²) in [7, 11) is 0. The van der Waals surface area contributed by atoms with Crippen LogP contribution in [0.5, 0.6) is 11.5 Å². The molecule has 10 heteroatoms. The van der Waals surface area contributed by atoms with Gasteiger partial charge in [0.15, 0.2) is 5.13 Å². The highest BCUT2D eigenvalue weighted by atomic mass is 35.5. The highest BCUT2D eigenvalue weighted by Crippen LogP contribution is 2.45. The minimum absolute atomic E-state index is 0.0819. The van der Waals surface area contributed by atoms with Gasteiger partial charge >= 0.3 is 5.91 Å². The van der Waals surface area contributed by atoms with Crippen molar-refractivity contribution < 1.29 is 24.2 Å². The average Bonchev–Trinajstić information content (AvgIpc) is 3.42. The standard InChI is InChI=1S/C28H24ClN3O5S/c1-4-36-17-8-9-18(21(12-17)37-5-2)25(33)23-24(16-7-6-10-30-14-16)32(27(35)26(23)34)28-31-20-13-19(29)15(3)11-22(20)38-28/h6-14,24,33H,4-5H2,1-3H3/b25-23+. The van der Waals surface area contributed by atoms with E-state index < -0.39 is 17.7 Å². The van der Waals surface area contributed by atoms with Gasteiger partial charge in [0.1, 0.15) is 17.3 Å². The lowest BCUT2D eigenvalue weighted by molar-refractivity contribution is -0.132. The summed E-state index contributed by atoms with van der Waals surface area (Å²) < 4.78 is 12.2. The molecule has 8 nitrogen and oxygen atoms in total. The molecular formula is C28H24ClN3O5S. The number of pyridine rings is 1. The SMILES string of the molecule is CCOc1ccc(/C(O)=C2\C(=O)C(=O)N(c3nc4cc(Cl)c(C)cc4s3)C2c2cccnc2)c(OCC)c1. The van der Waals surface area contributed by atoms with Gasteiger partial charge < -0.3 is 14.6 Å². The van der Waals surface area contributed by atoms with E-state index in [1.807, 2.05) is 26.8 Å². The molecule has 1 N–H and O–H groups in total. The number of aliphatic hydroxyl groups is 1. The Balaban J connectivity index is 1.71. The molecule has 0 saturated carbocycles. The summed E-state index contributed by atoms with van der Waals surface area (Å²) >= 11 is 7.56. The zero-order valence-corrected chi connectivity index (χ0v) is 22.5. The van der Waals surface area contributed by atoms with E-state index in [1.165, 1.54) is 16.2 Å². The van der Waals surface area contributed by atoms with Gasteiger partial charge in [0.05, 0.1) is 40.6 Å². The molecule has 2 aromatic heterocycles. The highest BCUT2D eigenvalue weighted by Gasteiger charge is 2.48. The summed E-state index contributed by atoms with van der Waals surface area (Å²) in [6.07, 6.45) is 3.16. The molecule has 1 saturated heterocycles. The fourth-order valence-corrected chi connectivity index (χ4v) is 5.63. The molecular weight excluding hydrogens is 526 g/mol. The first-order valence-corrected chi connectivity index (χ1v) is 13.2. The number of aliphatic hydroxyl groups excluding tert-OH is 1. The van der Waals surface area contributed by atoms with Crippen molar-refractivity contribution in [3.8, 4) is 11.5 Å². The molecule has 2 aromatic carbocycles. The van der Waals surface area contributed by atoms with E-state index in [4.69, 9.17) is 21.1 Å². The smallest absolute Gasteiger partial charge is 0.301 e. The summed E-state index contributed by atoms with van der Waals surface area (Å²) in [6.45, 7) is 6.34. The Morgan fingerprint density at radius 3 is 2.63 bits per heavy atom. The van der Waals surface area contributed by atoms with Gasteiger partial charge in [-0.25, -0.2) is 4.98 Å². The summed E-state index contributed by atoms with van der Waals surface area (Å²) in [6, 6.07) is 11.1. The van der Waals surface area contributed by atoms with Gasteiger partial charge in [-0.3, -0.25) is 19.5 Å². The molecule has 1 aliphatic rings. The number of fused-ring (bicyclic) bond motifs is 1. The van der Waals surface area contributed by atoms with E-state index in [2.05, 4.69) is 9.97 Å². The minimum Gasteiger partial charge on any atom is -0.507 e. The molecule has 5 rings (SSSR count). The number of ketones is 1. The van der Waals surface area contributed by atoms with Gasteiger partial charge in [-0.05, 0) is 62.2 Å². The lowest BCUT2D eigenvalue weighted by Gasteiger charge is -2.23. The second-order valence-corrected chi connectivity index (χ2v) is 9.96. The molecule has 1 atom stereocenters. The molecule has 3 heterocycles. The van der Waals surface area contributed by atoms with E-state index in [0.29, 0.717) is 45.9 Å². The van der Waals surface area contributed by atoms with Crippen LogP contribution in [0, 0.1) is 6.92 Å². The molecule has 194 valence electrons. The second kappa shape index (κ2) is 10.4. The Kier molecular flexibility index (Phi) is 7.05. The number of Topliss-reactive ketones (excluding diaryl/α,β-unsaturated/α-hetero) is 1. The molecule has 1 aliphatic heterocycles. The van der Waals surface area contributed by atoms with Gasteiger partial charge in [0, 0.05) is 23.5 Å².